The number of carbonyl (C=O) groups excluding carboxylic acids is 1. The quantitative estimate of drug-likeness (QED) is 0.436. The summed E-state index contributed by atoms with van der Waals surface area (Å²) in [7, 11) is 0. The van der Waals surface area contributed by atoms with Crippen molar-refractivity contribution in [2.45, 2.75) is 6.92 Å². The first kappa shape index (κ1) is 18.7. The minimum absolute atomic E-state index is 0.359. The van der Waals surface area contributed by atoms with Gasteiger partial charge in [-0.25, -0.2) is 4.79 Å². The van der Waals surface area contributed by atoms with Gasteiger partial charge in [0.25, 0.3) is 0 Å². The number of hydrogen-bond acceptors (Lipinski definition) is 4. The lowest BCUT2D eigenvalue weighted by Gasteiger charge is -2.09. The lowest BCUT2D eigenvalue weighted by molar-refractivity contribution is 0.262. The number of benzene rings is 3. The zero-order valence-corrected chi connectivity index (χ0v) is 16.3. The lowest BCUT2D eigenvalue weighted by atomic mass is 10.2. The standard InChI is InChI=1S/C22H17ClN4O2/c1-14-7-10-18(13-19(14)23)25-22(28)24-17-11-8-16(9-12-17)21-27-26-20(29-21)15-5-3-2-4-6-15/h2-13H,1H3,(H2,24,25,28). The summed E-state index contributed by atoms with van der Waals surface area (Å²) in [5.41, 5.74) is 3.82. The highest BCUT2D eigenvalue weighted by Gasteiger charge is 2.11. The summed E-state index contributed by atoms with van der Waals surface area (Å²) < 4.78 is 5.74. The first-order valence-electron chi connectivity index (χ1n) is 8.92. The number of halogens is 1. The predicted molar refractivity (Wildman–Crippen MR) is 114 cm³/mol. The molecule has 6 nitrogen and oxygen atoms in total. The molecule has 0 fully saturated rings. The number of anilines is 2. The average molecular weight is 405 g/mol. The highest BCUT2D eigenvalue weighted by atomic mass is 35.5. The van der Waals surface area contributed by atoms with Crippen molar-refractivity contribution in [2.75, 3.05) is 10.6 Å². The SMILES string of the molecule is Cc1ccc(NC(=O)Nc2ccc(-c3nnc(-c4ccccc4)o3)cc2)cc1Cl. The zero-order chi connectivity index (χ0) is 20.2. The van der Waals surface area contributed by atoms with E-state index >= 15 is 0 Å². The average Bonchev–Trinajstić information content (AvgIpc) is 3.22. The molecule has 29 heavy (non-hydrogen) atoms. The van der Waals surface area contributed by atoms with Crippen LogP contribution in [-0.2, 0) is 0 Å². The number of aryl methyl sites for hydroxylation is 1. The Morgan fingerprint density at radius 1 is 0.828 bits per heavy atom. The topological polar surface area (TPSA) is 80.0 Å². The van der Waals surface area contributed by atoms with Crippen molar-refractivity contribution >= 4 is 29.0 Å². The Bertz CT molecular complexity index is 1140. The molecule has 0 unspecified atom stereocenters. The first-order chi connectivity index (χ1) is 14.1. The molecule has 3 aromatic carbocycles. The van der Waals surface area contributed by atoms with Crippen LogP contribution in [0.5, 0.6) is 0 Å². The van der Waals surface area contributed by atoms with Crippen LogP contribution in [0, 0.1) is 6.92 Å². The third-order valence-corrected chi connectivity index (χ3v) is 4.67. The van der Waals surface area contributed by atoms with Crippen molar-refractivity contribution < 1.29 is 9.21 Å². The molecule has 0 aliphatic heterocycles. The van der Waals surface area contributed by atoms with E-state index in [-0.39, 0.29) is 6.03 Å². The maximum Gasteiger partial charge on any atom is 0.323 e. The largest absolute Gasteiger partial charge is 0.416 e. The lowest BCUT2D eigenvalue weighted by Crippen LogP contribution is -2.19. The van der Waals surface area contributed by atoms with E-state index in [1.165, 1.54) is 0 Å². The van der Waals surface area contributed by atoms with Crippen molar-refractivity contribution in [2.24, 2.45) is 0 Å². The Morgan fingerprint density at radius 3 is 2.07 bits per heavy atom. The predicted octanol–water partition coefficient (Wildman–Crippen LogP) is 6.01. The van der Waals surface area contributed by atoms with Crippen LogP contribution in [-0.4, -0.2) is 16.2 Å². The fourth-order valence-corrected chi connectivity index (χ4v) is 2.88. The van der Waals surface area contributed by atoms with Gasteiger partial charge in [0.05, 0.1) is 0 Å². The van der Waals surface area contributed by atoms with E-state index in [0.29, 0.717) is 28.2 Å². The Labute approximate surface area is 172 Å². The fourth-order valence-electron chi connectivity index (χ4n) is 2.70. The van der Waals surface area contributed by atoms with Gasteiger partial charge in [-0.15, -0.1) is 10.2 Å². The Kier molecular flexibility index (Phi) is 5.27. The number of amides is 2. The molecule has 144 valence electrons. The second-order valence-corrected chi connectivity index (χ2v) is 6.81. The zero-order valence-electron chi connectivity index (χ0n) is 15.5. The summed E-state index contributed by atoms with van der Waals surface area (Å²) in [5, 5.41) is 14.3. The summed E-state index contributed by atoms with van der Waals surface area (Å²) in [6.07, 6.45) is 0. The normalized spacial score (nSPS) is 10.6. The summed E-state index contributed by atoms with van der Waals surface area (Å²) >= 11 is 6.08. The minimum Gasteiger partial charge on any atom is -0.416 e. The maximum absolute atomic E-state index is 12.2. The molecule has 1 heterocycles. The van der Waals surface area contributed by atoms with Gasteiger partial charge < -0.3 is 15.1 Å². The van der Waals surface area contributed by atoms with E-state index in [1.807, 2.05) is 43.3 Å². The highest BCUT2D eigenvalue weighted by molar-refractivity contribution is 6.31. The summed E-state index contributed by atoms with van der Waals surface area (Å²) in [5.74, 6) is 0.869. The van der Waals surface area contributed by atoms with Crippen LogP contribution in [0.2, 0.25) is 5.02 Å². The van der Waals surface area contributed by atoms with E-state index < -0.39 is 0 Å². The van der Waals surface area contributed by atoms with Gasteiger partial charge in [0.2, 0.25) is 11.8 Å². The van der Waals surface area contributed by atoms with Crippen LogP contribution in [0.15, 0.2) is 77.2 Å². The number of urea groups is 1. The number of rotatable bonds is 4. The molecule has 0 radical (unpaired) electrons. The van der Waals surface area contributed by atoms with E-state index in [2.05, 4.69) is 20.8 Å². The second-order valence-electron chi connectivity index (χ2n) is 6.40. The summed E-state index contributed by atoms with van der Waals surface area (Å²) in [6.45, 7) is 1.90. The van der Waals surface area contributed by atoms with Gasteiger partial charge in [-0.2, -0.15) is 0 Å². The van der Waals surface area contributed by atoms with Crippen LogP contribution in [0.25, 0.3) is 22.9 Å². The van der Waals surface area contributed by atoms with Gasteiger partial charge in [-0.1, -0.05) is 35.9 Å². The van der Waals surface area contributed by atoms with E-state index in [0.717, 1.165) is 16.7 Å². The van der Waals surface area contributed by atoms with Crippen LogP contribution < -0.4 is 10.6 Å². The Hall–Kier alpha value is -3.64. The molecular formula is C22H17ClN4O2. The van der Waals surface area contributed by atoms with Gasteiger partial charge in [0, 0.05) is 27.5 Å². The van der Waals surface area contributed by atoms with E-state index in [9.17, 15) is 4.79 Å². The number of carbonyl (C=O) groups is 1. The number of aromatic nitrogens is 2. The number of hydrogen-bond donors (Lipinski definition) is 2. The van der Waals surface area contributed by atoms with Crippen molar-refractivity contribution in [3.05, 3.63) is 83.4 Å². The molecule has 0 saturated heterocycles. The molecule has 4 aromatic rings. The molecule has 0 aliphatic carbocycles. The summed E-state index contributed by atoms with van der Waals surface area (Å²) in [6, 6.07) is 21.7. The number of nitrogens with one attached hydrogen (secondary N) is 2. The maximum atomic E-state index is 12.2. The Morgan fingerprint density at radius 2 is 1.41 bits per heavy atom. The molecule has 2 N–H and O–H groups in total. The van der Waals surface area contributed by atoms with Gasteiger partial charge in [-0.3, -0.25) is 0 Å². The van der Waals surface area contributed by atoms with E-state index in [4.69, 9.17) is 16.0 Å². The molecule has 0 bridgehead atoms. The first-order valence-corrected chi connectivity index (χ1v) is 9.30. The molecule has 1 aromatic heterocycles. The molecule has 0 saturated carbocycles. The van der Waals surface area contributed by atoms with E-state index in [1.54, 1.807) is 36.4 Å². The van der Waals surface area contributed by atoms with Gasteiger partial charge >= 0.3 is 6.03 Å². The van der Waals surface area contributed by atoms with Crippen molar-refractivity contribution in [3.63, 3.8) is 0 Å². The van der Waals surface area contributed by atoms with Crippen LogP contribution in [0.1, 0.15) is 5.56 Å². The molecule has 0 aliphatic rings. The number of nitrogens with zero attached hydrogens (tertiary/aromatic N) is 2. The van der Waals surface area contributed by atoms with Crippen LogP contribution in [0.4, 0.5) is 16.2 Å². The molecule has 2 amide bonds. The molecular weight excluding hydrogens is 388 g/mol. The molecule has 4 rings (SSSR count). The summed E-state index contributed by atoms with van der Waals surface area (Å²) in [4.78, 5) is 12.2. The van der Waals surface area contributed by atoms with Crippen LogP contribution >= 0.6 is 11.6 Å². The minimum atomic E-state index is -0.359. The van der Waals surface area contributed by atoms with Crippen molar-refractivity contribution in [1.29, 1.82) is 0 Å². The van der Waals surface area contributed by atoms with Crippen LogP contribution in [0.3, 0.4) is 0 Å². The van der Waals surface area contributed by atoms with Gasteiger partial charge in [-0.05, 0) is 61.0 Å². The Balaban J connectivity index is 1.42. The third-order valence-electron chi connectivity index (χ3n) is 4.27. The second kappa shape index (κ2) is 8.16. The van der Waals surface area contributed by atoms with Crippen molar-refractivity contribution in [1.82, 2.24) is 10.2 Å². The monoisotopic (exact) mass is 404 g/mol. The smallest absolute Gasteiger partial charge is 0.323 e. The molecule has 0 atom stereocenters. The molecule has 7 heteroatoms. The van der Waals surface area contributed by atoms with Gasteiger partial charge in [0.15, 0.2) is 0 Å². The third kappa shape index (κ3) is 4.44. The fraction of sp³-hybridized carbons (Fsp3) is 0.0455. The highest BCUT2D eigenvalue weighted by Crippen LogP contribution is 2.25. The van der Waals surface area contributed by atoms with Gasteiger partial charge in [0.1, 0.15) is 0 Å². The molecule has 0 spiro atoms. The van der Waals surface area contributed by atoms with Crippen molar-refractivity contribution in [3.8, 4) is 22.9 Å².